The summed E-state index contributed by atoms with van der Waals surface area (Å²) in [5.41, 5.74) is 13.3. The number of anilines is 3. The van der Waals surface area contributed by atoms with Crippen LogP contribution in [-0.2, 0) is 11.2 Å². The molecule has 5 aliphatic rings. The highest BCUT2D eigenvalue weighted by Crippen LogP contribution is 2.47. The van der Waals surface area contributed by atoms with E-state index in [0.29, 0.717) is 23.1 Å². The van der Waals surface area contributed by atoms with E-state index in [2.05, 4.69) is 61.1 Å². The van der Waals surface area contributed by atoms with Crippen LogP contribution in [0.2, 0.25) is 0 Å². The van der Waals surface area contributed by atoms with Gasteiger partial charge in [-0.1, -0.05) is 31.1 Å². The Morgan fingerprint density at radius 3 is 2.46 bits per heavy atom. The van der Waals surface area contributed by atoms with Crippen molar-refractivity contribution in [3.05, 3.63) is 76.4 Å². The molecule has 1 aromatic carbocycles. The third-order valence-electron chi connectivity index (χ3n) is 13.0. The van der Waals surface area contributed by atoms with Crippen LogP contribution in [-0.4, -0.2) is 80.0 Å². The first-order chi connectivity index (χ1) is 26.2. The van der Waals surface area contributed by atoms with Crippen molar-refractivity contribution in [2.45, 2.75) is 89.6 Å². The molecule has 2 saturated heterocycles. The minimum atomic E-state index is -0.865. The van der Waals surface area contributed by atoms with E-state index < -0.39 is 11.9 Å². The first-order valence-electron chi connectivity index (χ1n) is 19.7. The number of para-hydroxylation sites is 1. The standard InChI is InChI=1S/C41H51N9O4/c1-24(2)36(39(52)53)34-19-35(47-54-34)49-22-41(23-49)13-8-28(9-14-41)48-15-10-26(11-16-48)27-20-42-40(43-21-27)50-17-12-31-37(25(50)3)30-18-32(45-46-38(30)44-31)29-6-4-5-7-33(29)51/h4-7,18-21,24-26,28,36,44-46,51H,8-17,22-23H2,1-3H3,(H,52,53)/t25-,36?/m1/s1. The van der Waals surface area contributed by atoms with Crippen LogP contribution >= 0.6 is 0 Å². The van der Waals surface area contributed by atoms with E-state index in [1.54, 1.807) is 6.07 Å². The summed E-state index contributed by atoms with van der Waals surface area (Å²) in [5.74, 6) is 2.06. The van der Waals surface area contributed by atoms with Gasteiger partial charge >= 0.3 is 5.97 Å². The quantitative estimate of drug-likeness (QED) is 0.134. The third kappa shape index (κ3) is 6.15. The normalized spacial score (nSPS) is 22.2. The Labute approximate surface area is 315 Å². The predicted octanol–water partition coefficient (Wildman–Crippen LogP) is 6.50. The summed E-state index contributed by atoms with van der Waals surface area (Å²) < 4.78 is 5.50. The molecular formula is C41H51N9O4. The van der Waals surface area contributed by atoms with Crippen LogP contribution in [0.4, 0.5) is 17.6 Å². The molecular weight excluding hydrogens is 683 g/mol. The van der Waals surface area contributed by atoms with Crippen LogP contribution in [0.5, 0.6) is 5.75 Å². The molecule has 4 aromatic rings. The number of H-pyrrole nitrogens is 1. The highest BCUT2D eigenvalue weighted by atomic mass is 16.5. The maximum atomic E-state index is 11.8. The van der Waals surface area contributed by atoms with Gasteiger partial charge in [-0.2, -0.15) is 0 Å². The van der Waals surface area contributed by atoms with Gasteiger partial charge in [-0.15, -0.1) is 0 Å². The Morgan fingerprint density at radius 2 is 1.76 bits per heavy atom. The largest absolute Gasteiger partial charge is 0.507 e. The van der Waals surface area contributed by atoms with Crippen LogP contribution in [0, 0.1) is 11.3 Å². The molecule has 5 N–H and O–H groups in total. The van der Waals surface area contributed by atoms with Gasteiger partial charge in [-0.25, -0.2) is 9.97 Å². The number of carboxylic acids is 1. The molecule has 2 atom stereocenters. The number of nitrogens with one attached hydrogen (secondary N) is 3. The Bertz CT molecular complexity index is 2030. The van der Waals surface area contributed by atoms with Crippen molar-refractivity contribution in [2.24, 2.45) is 11.3 Å². The summed E-state index contributed by atoms with van der Waals surface area (Å²) in [4.78, 5) is 32.5. The lowest BCUT2D eigenvalue weighted by atomic mass is 9.67. The highest BCUT2D eigenvalue weighted by Gasteiger charge is 2.47. The van der Waals surface area contributed by atoms with Gasteiger partial charge in [0.1, 0.15) is 17.5 Å². The van der Waals surface area contributed by atoms with E-state index >= 15 is 0 Å². The van der Waals surface area contributed by atoms with Gasteiger partial charge in [0, 0.05) is 78.4 Å². The monoisotopic (exact) mass is 733 g/mol. The van der Waals surface area contributed by atoms with E-state index in [9.17, 15) is 15.0 Å². The van der Waals surface area contributed by atoms with Gasteiger partial charge in [0.2, 0.25) is 5.95 Å². The van der Waals surface area contributed by atoms with E-state index in [0.717, 1.165) is 86.4 Å². The fraction of sp³-hybridized carbons (Fsp3) is 0.512. The first-order valence-corrected chi connectivity index (χ1v) is 19.7. The second-order valence-corrected chi connectivity index (χ2v) is 16.6. The highest BCUT2D eigenvalue weighted by molar-refractivity contribution is 5.90. The lowest BCUT2D eigenvalue weighted by Crippen LogP contribution is -2.59. The summed E-state index contributed by atoms with van der Waals surface area (Å²) >= 11 is 0. The number of aliphatic carboxylic acids is 1. The van der Waals surface area contributed by atoms with Crippen molar-refractivity contribution in [1.82, 2.24) is 30.4 Å². The number of hydrazine groups is 1. The number of carbonyl (C=O) groups is 1. The zero-order chi connectivity index (χ0) is 37.1. The summed E-state index contributed by atoms with van der Waals surface area (Å²) in [6.45, 7) is 11.0. The second-order valence-electron chi connectivity index (χ2n) is 16.6. The molecule has 9 rings (SSSR count). The lowest BCUT2D eigenvalue weighted by molar-refractivity contribution is -0.140. The maximum Gasteiger partial charge on any atom is 0.314 e. The summed E-state index contributed by atoms with van der Waals surface area (Å²) in [5, 5.41) is 24.4. The Morgan fingerprint density at radius 1 is 1.02 bits per heavy atom. The molecule has 54 heavy (non-hydrogen) atoms. The second kappa shape index (κ2) is 13.7. The molecule has 1 saturated carbocycles. The number of phenolic OH excluding ortho intramolecular Hbond substituents is 1. The van der Waals surface area contributed by atoms with Gasteiger partial charge < -0.3 is 34.4 Å². The number of benzene rings is 1. The van der Waals surface area contributed by atoms with Gasteiger partial charge in [0.25, 0.3) is 0 Å². The predicted molar refractivity (Wildman–Crippen MR) is 207 cm³/mol. The van der Waals surface area contributed by atoms with Crippen LogP contribution in [0.15, 0.2) is 47.2 Å². The summed E-state index contributed by atoms with van der Waals surface area (Å²) in [6.07, 6.45) is 14.3. The number of fused-ring (bicyclic) bond motifs is 3. The topological polar surface area (TPSA) is 159 Å². The van der Waals surface area contributed by atoms with Crippen LogP contribution in [0.1, 0.15) is 111 Å². The van der Waals surface area contributed by atoms with E-state index in [4.69, 9.17) is 14.5 Å². The molecule has 13 heteroatoms. The van der Waals surface area contributed by atoms with E-state index in [-0.39, 0.29) is 17.7 Å². The summed E-state index contributed by atoms with van der Waals surface area (Å²) in [7, 11) is 0. The number of aromatic amines is 1. The fourth-order valence-electron chi connectivity index (χ4n) is 9.94. The van der Waals surface area contributed by atoms with Crippen molar-refractivity contribution >= 4 is 35.3 Å². The van der Waals surface area contributed by atoms with E-state index in [1.807, 2.05) is 38.1 Å². The van der Waals surface area contributed by atoms with E-state index in [1.165, 1.54) is 42.5 Å². The SMILES string of the molecule is CC(C)C(C(=O)O)c1cc(N2CC3(CCC(N4CCC(c5cnc(N6CCc7[nH]c8c(c7[C@H]6C)C=C(c6ccccc6O)NN8)nc5)CC4)CC3)C2)no1. The van der Waals surface area contributed by atoms with Crippen molar-refractivity contribution in [1.29, 1.82) is 0 Å². The minimum Gasteiger partial charge on any atom is -0.507 e. The lowest BCUT2D eigenvalue weighted by Gasteiger charge is -2.54. The van der Waals surface area contributed by atoms with Crippen molar-refractivity contribution in [3.8, 4) is 5.75 Å². The number of rotatable bonds is 8. The molecule has 0 bridgehead atoms. The molecule has 1 aliphatic carbocycles. The Kier molecular flexibility index (Phi) is 8.79. The van der Waals surface area contributed by atoms with Crippen LogP contribution in [0.3, 0.4) is 0 Å². The molecule has 7 heterocycles. The zero-order valence-corrected chi connectivity index (χ0v) is 31.4. The van der Waals surface area contributed by atoms with Gasteiger partial charge in [-0.05, 0) is 94.1 Å². The van der Waals surface area contributed by atoms with Crippen molar-refractivity contribution in [3.63, 3.8) is 0 Å². The summed E-state index contributed by atoms with van der Waals surface area (Å²) in [6, 6.07) is 9.93. The fourth-order valence-corrected chi connectivity index (χ4v) is 9.94. The number of aromatic nitrogens is 4. The Balaban J connectivity index is 0.777. The number of phenols is 1. The van der Waals surface area contributed by atoms with Crippen LogP contribution < -0.4 is 20.7 Å². The molecule has 1 spiro atoms. The van der Waals surface area contributed by atoms with Crippen molar-refractivity contribution in [2.75, 3.05) is 47.9 Å². The molecule has 284 valence electrons. The number of piperidine rings is 1. The molecule has 1 unspecified atom stereocenters. The van der Waals surface area contributed by atoms with Gasteiger partial charge in [0.15, 0.2) is 11.6 Å². The molecule has 13 nitrogen and oxygen atoms in total. The zero-order valence-electron chi connectivity index (χ0n) is 31.4. The smallest absolute Gasteiger partial charge is 0.314 e. The number of hydrogen-bond acceptors (Lipinski definition) is 11. The maximum absolute atomic E-state index is 11.8. The number of nitrogens with zero attached hydrogens (tertiary/aromatic N) is 6. The Hall–Kier alpha value is -5.04. The first kappa shape index (κ1) is 34.7. The van der Waals surface area contributed by atoms with Gasteiger partial charge in [0.05, 0.1) is 11.7 Å². The average Bonchev–Trinajstić information content (AvgIpc) is 3.79. The molecule has 0 radical (unpaired) electrons. The molecule has 4 aliphatic heterocycles. The average molecular weight is 734 g/mol. The minimum absolute atomic E-state index is 0.0578. The molecule has 3 fully saturated rings. The third-order valence-corrected chi connectivity index (χ3v) is 13.0. The number of likely N-dealkylation sites (tertiary alicyclic amines) is 1. The number of hydrogen-bond donors (Lipinski definition) is 5. The number of aromatic hydroxyl groups is 1. The van der Waals surface area contributed by atoms with Crippen molar-refractivity contribution < 1.29 is 19.5 Å². The number of carboxylic acid groups (broad SMARTS) is 1. The van der Waals surface area contributed by atoms with Crippen LogP contribution in [0.25, 0.3) is 11.8 Å². The van der Waals surface area contributed by atoms with Gasteiger partial charge in [-0.3, -0.25) is 15.6 Å². The molecule has 0 amide bonds. The molecule has 3 aromatic heterocycles.